The number of methoxy groups -OCH3 is 1. The van der Waals surface area contributed by atoms with Crippen LogP contribution in [-0.2, 0) is 9.53 Å². The average Bonchev–Trinajstić information content (AvgIpc) is 3.65. The van der Waals surface area contributed by atoms with Crippen LogP contribution >= 0.6 is 0 Å². The van der Waals surface area contributed by atoms with E-state index in [4.69, 9.17) is 19.9 Å². The summed E-state index contributed by atoms with van der Waals surface area (Å²) < 4.78 is 65.8. The number of aliphatic hydroxyl groups is 1. The Hall–Kier alpha value is -4.15. The molecule has 2 atom stereocenters. The molecule has 3 aliphatic rings. The number of hydrogen-bond acceptors (Lipinski definition) is 6. The lowest BCUT2D eigenvalue weighted by Crippen LogP contribution is -2.31. The van der Waals surface area contributed by atoms with Crippen LogP contribution in [0.4, 0.5) is 17.6 Å². The second-order valence-corrected chi connectivity index (χ2v) is 9.65. The van der Waals surface area contributed by atoms with Gasteiger partial charge in [0.1, 0.15) is 41.3 Å². The summed E-state index contributed by atoms with van der Waals surface area (Å²) in [4.78, 5) is 17.7. The van der Waals surface area contributed by atoms with Gasteiger partial charge in [-0.05, 0) is 61.2 Å². The van der Waals surface area contributed by atoms with Crippen LogP contribution in [0.2, 0.25) is 0 Å². The topological polar surface area (TPSA) is 105 Å². The summed E-state index contributed by atoms with van der Waals surface area (Å²) in [6.45, 7) is -0.472. The van der Waals surface area contributed by atoms with Crippen LogP contribution in [-0.4, -0.2) is 48.1 Å². The van der Waals surface area contributed by atoms with Crippen molar-refractivity contribution in [2.75, 3.05) is 20.3 Å². The maximum atomic E-state index is 13.9. The number of carbonyl (C=O) groups excluding carboxylic acids is 1. The van der Waals surface area contributed by atoms with Gasteiger partial charge in [-0.25, -0.2) is 9.37 Å². The molecule has 0 radical (unpaired) electrons. The van der Waals surface area contributed by atoms with Gasteiger partial charge in [-0.1, -0.05) is 0 Å². The third-order valence-electron chi connectivity index (χ3n) is 7.11. The van der Waals surface area contributed by atoms with Crippen molar-refractivity contribution in [2.45, 2.75) is 30.9 Å². The number of ether oxygens (including phenoxy) is 2. The van der Waals surface area contributed by atoms with Gasteiger partial charge in [-0.3, -0.25) is 10.2 Å². The summed E-state index contributed by atoms with van der Waals surface area (Å²) in [5.41, 5.74) is 1.15. The van der Waals surface area contributed by atoms with Gasteiger partial charge < -0.3 is 19.9 Å². The molecule has 39 heavy (non-hydrogen) atoms. The number of nitrogens with one attached hydrogen (secondary N) is 2. The Kier molecular flexibility index (Phi) is 6.92. The minimum absolute atomic E-state index is 0.0253. The van der Waals surface area contributed by atoms with Gasteiger partial charge in [-0.15, -0.1) is 0 Å². The highest BCUT2D eigenvalue weighted by atomic mass is 19.4. The zero-order chi connectivity index (χ0) is 27.9. The number of amides is 1. The predicted molar refractivity (Wildman–Crippen MR) is 134 cm³/mol. The van der Waals surface area contributed by atoms with Crippen LogP contribution in [0.25, 0.3) is 11.3 Å². The standard InChI is InChI=1S/C28H25F4N3O4/c1-38-23-9-16(8-17(12-36)24(23)33)27(37)34-11-20(14-2-3-14)22-10-19-21(28(30,31)32)13-39-26(19)25(35-22)15-4-6-18(29)7-5-15/h4-10,12,14,20-21,33,36H,2-3,11,13H2,1H3,(H,34,37)/b17-12-,33-24?/t20-,21+/m0/s1. The maximum Gasteiger partial charge on any atom is 0.399 e. The van der Waals surface area contributed by atoms with E-state index < -0.39 is 30.4 Å². The third kappa shape index (κ3) is 5.25. The molecule has 2 aliphatic carbocycles. The number of aromatic nitrogens is 1. The SMILES string of the molecule is COC1=CC(C(=O)NC[C@H](c2cc3c(c(-c4ccc(F)cc4)n2)OC[C@H]3C(F)(F)F)C2CC2)=C/C(=C/O)C1=N. The fourth-order valence-corrected chi connectivity index (χ4v) is 4.85. The molecule has 7 nitrogen and oxygen atoms in total. The van der Waals surface area contributed by atoms with E-state index >= 15 is 0 Å². The van der Waals surface area contributed by atoms with Gasteiger partial charge in [0.2, 0.25) is 0 Å². The number of benzene rings is 1. The molecular formula is C28H25F4N3O4. The summed E-state index contributed by atoms with van der Waals surface area (Å²) in [7, 11) is 1.34. The van der Waals surface area contributed by atoms with E-state index in [1.807, 2.05) is 0 Å². The molecule has 1 aromatic carbocycles. The number of aliphatic hydroxyl groups excluding tert-OH is 1. The summed E-state index contributed by atoms with van der Waals surface area (Å²) >= 11 is 0. The Balaban J connectivity index is 1.48. The summed E-state index contributed by atoms with van der Waals surface area (Å²) in [5, 5.41) is 20.2. The van der Waals surface area contributed by atoms with Crippen LogP contribution < -0.4 is 10.1 Å². The molecular weight excluding hydrogens is 518 g/mol. The number of fused-ring (bicyclic) bond motifs is 1. The summed E-state index contributed by atoms with van der Waals surface area (Å²) in [6.07, 6.45) is 0.557. The van der Waals surface area contributed by atoms with Crippen LogP contribution in [0.3, 0.4) is 0 Å². The second-order valence-electron chi connectivity index (χ2n) is 9.65. The van der Waals surface area contributed by atoms with Crippen molar-refractivity contribution in [1.29, 1.82) is 5.41 Å². The van der Waals surface area contributed by atoms with Crippen molar-refractivity contribution in [3.63, 3.8) is 0 Å². The number of hydrogen-bond donors (Lipinski definition) is 3. The van der Waals surface area contributed by atoms with Crippen molar-refractivity contribution in [2.24, 2.45) is 5.92 Å². The minimum atomic E-state index is -4.53. The Labute approximate surface area is 221 Å². The van der Waals surface area contributed by atoms with E-state index in [1.54, 1.807) is 0 Å². The molecule has 1 fully saturated rings. The number of nitrogens with zero attached hydrogens (tertiary/aromatic N) is 1. The molecule has 2 heterocycles. The molecule has 5 rings (SSSR count). The molecule has 1 amide bonds. The Morgan fingerprint density at radius 2 is 2.00 bits per heavy atom. The second kappa shape index (κ2) is 10.2. The first-order valence-corrected chi connectivity index (χ1v) is 12.3. The Morgan fingerprint density at radius 3 is 2.62 bits per heavy atom. The highest BCUT2D eigenvalue weighted by Gasteiger charge is 2.47. The van der Waals surface area contributed by atoms with Crippen LogP contribution in [0, 0.1) is 17.1 Å². The zero-order valence-corrected chi connectivity index (χ0v) is 20.8. The van der Waals surface area contributed by atoms with Crippen LogP contribution in [0.5, 0.6) is 5.75 Å². The third-order valence-corrected chi connectivity index (χ3v) is 7.11. The van der Waals surface area contributed by atoms with E-state index in [0.29, 0.717) is 17.5 Å². The monoisotopic (exact) mass is 543 g/mol. The van der Waals surface area contributed by atoms with E-state index in [1.165, 1.54) is 49.6 Å². The normalized spacial score (nSPS) is 20.6. The largest absolute Gasteiger partial charge is 0.515 e. The zero-order valence-electron chi connectivity index (χ0n) is 20.8. The number of allylic oxidation sites excluding steroid dienone is 2. The Bertz CT molecular complexity index is 1410. The highest BCUT2D eigenvalue weighted by Crippen LogP contribution is 2.50. The van der Waals surface area contributed by atoms with Crippen LogP contribution in [0.1, 0.15) is 35.9 Å². The quantitative estimate of drug-likeness (QED) is 0.318. The molecule has 3 N–H and O–H groups in total. The maximum absolute atomic E-state index is 13.9. The average molecular weight is 544 g/mol. The number of rotatable bonds is 7. The molecule has 0 spiro atoms. The van der Waals surface area contributed by atoms with Gasteiger partial charge in [0.25, 0.3) is 5.91 Å². The molecule has 1 aliphatic heterocycles. The first kappa shape index (κ1) is 26.5. The fraction of sp³-hybridized carbons (Fsp3) is 0.321. The molecule has 204 valence electrons. The molecule has 1 saturated carbocycles. The van der Waals surface area contributed by atoms with Crippen molar-refractivity contribution < 1.29 is 36.9 Å². The number of pyridine rings is 1. The van der Waals surface area contributed by atoms with E-state index in [9.17, 15) is 27.5 Å². The lowest BCUT2D eigenvalue weighted by atomic mass is 9.92. The minimum Gasteiger partial charge on any atom is -0.515 e. The van der Waals surface area contributed by atoms with Gasteiger partial charge in [0, 0.05) is 40.4 Å². The number of carbonyl (C=O) groups is 1. The van der Waals surface area contributed by atoms with Gasteiger partial charge in [0.15, 0.2) is 0 Å². The van der Waals surface area contributed by atoms with Gasteiger partial charge >= 0.3 is 6.18 Å². The van der Waals surface area contributed by atoms with Crippen molar-refractivity contribution in [3.05, 3.63) is 82.7 Å². The van der Waals surface area contributed by atoms with Crippen molar-refractivity contribution >= 4 is 11.6 Å². The lowest BCUT2D eigenvalue weighted by Gasteiger charge is -2.21. The molecule has 0 saturated heterocycles. The van der Waals surface area contributed by atoms with Gasteiger partial charge in [-0.2, -0.15) is 13.2 Å². The molecule has 0 unspecified atom stereocenters. The molecule has 0 bridgehead atoms. The van der Waals surface area contributed by atoms with E-state index in [0.717, 1.165) is 12.8 Å². The lowest BCUT2D eigenvalue weighted by molar-refractivity contribution is -0.151. The van der Waals surface area contributed by atoms with Gasteiger partial charge in [0.05, 0.1) is 13.4 Å². The summed E-state index contributed by atoms with van der Waals surface area (Å²) in [5.74, 6) is -2.96. The fourth-order valence-electron chi connectivity index (χ4n) is 4.85. The smallest absolute Gasteiger partial charge is 0.399 e. The van der Waals surface area contributed by atoms with Crippen molar-refractivity contribution in [3.8, 4) is 17.0 Å². The molecule has 1 aromatic heterocycles. The van der Waals surface area contributed by atoms with E-state index in [-0.39, 0.29) is 58.0 Å². The predicted octanol–water partition coefficient (Wildman–Crippen LogP) is 5.47. The molecule has 2 aromatic rings. The number of halogens is 4. The van der Waals surface area contributed by atoms with Crippen LogP contribution in [0.15, 0.2) is 65.7 Å². The molecule has 11 heteroatoms. The van der Waals surface area contributed by atoms with E-state index in [2.05, 4.69) is 5.32 Å². The summed E-state index contributed by atoms with van der Waals surface area (Å²) in [6, 6.07) is 6.72. The van der Waals surface area contributed by atoms with Crippen molar-refractivity contribution in [1.82, 2.24) is 10.3 Å². The Morgan fingerprint density at radius 1 is 1.28 bits per heavy atom. The first-order chi connectivity index (χ1) is 18.6. The first-order valence-electron chi connectivity index (χ1n) is 12.3. The number of alkyl halides is 3. The highest BCUT2D eigenvalue weighted by molar-refractivity contribution is 6.15.